The maximum Gasteiger partial charge on any atom is 0.165 e. The van der Waals surface area contributed by atoms with E-state index in [4.69, 9.17) is 14.7 Å². The van der Waals surface area contributed by atoms with E-state index in [0.29, 0.717) is 18.4 Å². The van der Waals surface area contributed by atoms with Gasteiger partial charge in [-0.1, -0.05) is 36.4 Å². The molecule has 1 atom stereocenters. The second-order valence-electron chi connectivity index (χ2n) is 9.95. The van der Waals surface area contributed by atoms with Gasteiger partial charge in [0.15, 0.2) is 5.65 Å². The molecular formula is C29H28N4O3. The second-order valence-corrected chi connectivity index (χ2v) is 9.95. The quantitative estimate of drug-likeness (QED) is 0.369. The third-order valence-electron chi connectivity index (χ3n) is 7.84. The minimum Gasteiger partial charge on any atom is -0.358 e. The van der Waals surface area contributed by atoms with Crippen molar-refractivity contribution < 1.29 is 14.3 Å². The largest absolute Gasteiger partial charge is 0.358 e. The first-order valence-corrected chi connectivity index (χ1v) is 12.5. The fourth-order valence-electron chi connectivity index (χ4n) is 5.73. The van der Waals surface area contributed by atoms with E-state index in [0.717, 1.165) is 65.0 Å². The zero-order valence-electron chi connectivity index (χ0n) is 20.5. The highest BCUT2D eigenvalue weighted by Gasteiger charge is 2.46. The van der Waals surface area contributed by atoms with E-state index in [1.54, 1.807) is 12.7 Å². The van der Waals surface area contributed by atoms with E-state index < -0.39 is 5.41 Å². The number of nitrogens with zero attached hydrogens (tertiary/aromatic N) is 4. The summed E-state index contributed by atoms with van der Waals surface area (Å²) in [5, 5.41) is 0. The molecule has 0 saturated carbocycles. The van der Waals surface area contributed by atoms with Gasteiger partial charge in [-0.3, -0.25) is 14.2 Å². The molecule has 2 aromatic carbocycles. The highest BCUT2D eigenvalue weighted by Crippen LogP contribution is 2.44. The lowest BCUT2D eigenvalue weighted by Gasteiger charge is -2.23. The number of hydrogen-bond acceptors (Lipinski definition) is 6. The summed E-state index contributed by atoms with van der Waals surface area (Å²) in [6.07, 6.45) is 7.25. The molecule has 1 unspecified atom stereocenters. The van der Waals surface area contributed by atoms with Crippen molar-refractivity contribution in [1.29, 1.82) is 0 Å². The molecule has 2 aromatic heterocycles. The monoisotopic (exact) mass is 480 g/mol. The normalized spacial score (nSPS) is 18.8. The first kappa shape index (κ1) is 22.7. The van der Waals surface area contributed by atoms with Gasteiger partial charge in [0, 0.05) is 12.2 Å². The molecule has 36 heavy (non-hydrogen) atoms. The van der Waals surface area contributed by atoms with Crippen molar-refractivity contribution in [1.82, 2.24) is 19.5 Å². The number of Topliss-reactive ketones (excluding diaryl/α,β-unsaturated/α-hetero) is 2. The maximum atomic E-state index is 12.6. The molecule has 0 spiro atoms. The van der Waals surface area contributed by atoms with Gasteiger partial charge in [0.2, 0.25) is 0 Å². The molecule has 2 aliphatic rings. The molecule has 0 bridgehead atoms. The first-order valence-electron chi connectivity index (χ1n) is 12.5. The highest BCUT2D eigenvalue weighted by molar-refractivity contribution is 6.06. The van der Waals surface area contributed by atoms with Crippen molar-refractivity contribution in [3.8, 4) is 22.4 Å². The molecular weight excluding hydrogens is 452 g/mol. The van der Waals surface area contributed by atoms with Crippen LogP contribution in [0.15, 0.2) is 55.1 Å². The van der Waals surface area contributed by atoms with E-state index in [2.05, 4.69) is 29.2 Å². The lowest BCUT2D eigenvalue weighted by molar-refractivity contribution is -0.137. The van der Waals surface area contributed by atoms with Crippen LogP contribution in [0.5, 0.6) is 0 Å². The maximum absolute atomic E-state index is 12.6. The van der Waals surface area contributed by atoms with Crippen molar-refractivity contribution in [2.45, 2.75) is 52.2 Å². The summed E-state index contributed by atoms with van der Waals surface area (Å²) in [6, 6.07) is 14.4. The van der Waals surface area contributed by atoms with Gasteiger partial charge in [-0.15, -0.1) is 0 Å². The van der Waals surface area contributed by atoms with Crippen molar-refractivity contribution in [3.63, 3.8) is 0 Å². The van der Waals surface area contributed by atoms with E-state index >= 15 is 0 Å². The van der Waals surface area contributed by atoms with Gasteiger partial charge in [0.05, 0.1) is 11.7 Å². The SMILES string of the molecule is CC(=O)C1(C(C)=O)Cc2cc(-c3ccccc3)c(-c3ncnc4c3ncn4C3CCCCO3)cc2C1. The first-order chi connectivity index (χ1) is 17.5. The topological polar surface area (TPSA) is 87.0 Å². The Bertz CT molecular complexity index is 1470. The lowest BCUT2D eigenvalue weighted by Crippen LogP contribution is -2.37. The average Bonchev–Trinajstić information content (AvgIpc) is 3.51. The zero-order valence-corrected chi connectivity index (χ0v) is 20.5. The molecule has 7 nitrogen and oxygen atoms in total. The van der Waals surface area contributed by atoms with Gasteiger partial charge in [0.1, 0.15) is 35.3 Å². The molecule has 0 N–H and O–H groups in total. The summed E-state index contributed by atoms with van der Waals surface area (Å²) in [5.41, 5.74) is 6.21. The number of ketones is 2. The molecule has 1 saturated heterocycles. The fourth-order valence-corrected chi connectivity index (χ4v) is 5.73. The van der Waals surface area contributed by atoms with Gasteiger partial charge in [-0.25, -0.2) is 15.0 Å². The third kappa shape index (κ3) is 3.57. The fraction of sp³-hybridized carbons (Fsp3) is 0.345. The molecule has 1 fully saturated rings. The van der Waals surface area contributed by atoms with Crippen LogP contribution >= 0.6 is 0 Å². The molecule has 182 valence electrons. The number of benzene rings is 2. The number of imidazole rings is 1. The van der Waals surface area contributed by atoms with Gasteiger partial charge in [0.25, 0.3) is 0 Å². The molecule has 4 aromatic rings. The van der Waals surface area contributed by atoms with Crippen LogP contribution in [0.2, 0.25) is 0 Å². The number of carbonyl (C=O) groups is 2. The summed E-state index contributed by atoms with van der Waals surface area (Å²) in [4.78, 5) is 39.3. The van der Waals surface area contributed by atoms with Crippen molar-refractivity contribution >= 4 is 22.7 Å². The molecule has 3 heterocycles. The average molecular weight is 481 g/mol. The van der Waals surface area contributed by atoms with Crippen LogP contribution in [0.25, 0.3) is 33.5 Å². The van der Waals surface area contributed by atoms with E-state index in [1.165, 1.54) is 13.8 Å². The van der Waals surface area contributed by atoms with Crippen LogP contribution in [0.3, 0.4) is 0 Å². The molecule has 1 aliphatic heterocycles. The Morgan fingerprint density at radius 1 is 0.944 bits per heavy atom. The Morgan fingerprint density at radius 3 is 2.33 bits per heavy atom. The van der Waals surface area contributed by atoms with Gasteiger partial charge >= 0.3 is 0 Å². The Morgan fingerprint density at radius 2 is 1.67 bits per heavy atom. The molecule has 6 rings (SSSR count). The molecule has 7 heteroatoms. The lowest BCUT2D eigenvalue weighted by atomic mass is 9.77. The summed E-state index contributed by atoms with van der Waals surface area (Å²) >= 11 is 0. The summed E-state index contributed by atoms with van der Waals surface area (Å²) in [7, 11) is 0. The Kier molecular flexibility index (Phi) is 5.52. The number of ether oxygens (including phenoxy) is 1. The zero-order chi connectivity index (χ0) is 24.9. The van der Waals surface area contributed by atoms with Gasteiger partial charge < -0.3 is 4.74 Å². The second kappa shape index (κ2) is 8.75. The minimum absolute atomic E-state index is 0.0770. The standard InChI is InChI=1S/C29H28N4O3/c1-18(34)29(19(2)35)14-21-12-23(20-8-4-3-5-9-20)24(13-22(21)15-29)26-27-28(31-16-30-26)33(17-32-27)25-10-6-7-11-36-25/h3-5,8-9,12-13,16-17,25H,6-7,10-11,14-15H2,1-2H3. The molecule has 0 amide bonds. The summed E-state index contributed by atoms with van der Waals surface area (Å²) in [6.45, 7) is 3.79. The van der Waals surface area contributed by atoms with Crippen LogP contribution < -0.4 is 0 Å². The van der Waals surface area contributed by atoms with Crippen LogP contribution in [-0.2, 0) is 27.2 Å². The van der Waals surface area contributed by atoms with Gasteiger partial charge in [-0.05, 0) is 74.3 Å². The third-order valence-corrected chi connectivity index (χ3v) is 7.84. The number of aromatic nitrogens is 4. The Labute approximate surface area is 209 Å². The highest BCUT2D eigenvalue weighted by atomic mass is 16.5. The number of fused-ring (bicyclic) bond motifs is 2. The Balaban J connectivity index is 1.54. The molecule has 1 aliphatic carbocycles. The van der Waals surface area contributed by atoms with Crippen molar-refractivity contribution in [3.05, 3.63) is 66.2 Å². The van der Waals surface area contributed by atoms with Crippen LogP contribution in [-0.4, -0.2) is 37.7 Å². The van der Waals surface area contributed by atoms with Crippen molar-refractivity contribution in [2.24, 2.45) is 5.41 Å². The predicted octanol–water partition coefficient (Wildman–Crippen LogP) is 5.12. The van der Waals surface area contributed by atoms with Crippen molar-refractivity contribution in [2.75, 3.05) is 6.61 Å². The predicted molar refractivity (Wildman–Crippen MR) is 136 cm³/mol. The number of carbonyl (C=O) groups excluding carboxylic acids is 2. The van der Waals surface area contributed by atoms with E-state index in [-0.39, 0.29) is 17.8 Å². The number of rotatable bonds is 5. The Hall–Kier alpha value is -3.71. The number of hydrogen-bond donors (Lipinski definition) is 0. The summed E-state index contributed by atoms with van der Waals surface area (Å²) < 4.78 is 8.00. The van der Waals surface area contributed by atoms with E-state index in [1.807, 2.05) is 22.8 Å². The smallest absolute Gasteiger partial charge is 0.165 e. The minimum atomic E-state index is -0.990. The van der Waals surface area contributed by atoms with E-state index in [9.17, 15) is 9.59 Å². The molecule has 0 radical (unpaired) electrons. The van der Waals surface area contributed by atoms with Crippen LogP contribution in [0, 0.1) is 5.41 Å². The van der Waals surface area contributed by atoms with Crippen LogP contribution in [0.4, 0.5) is 0 Å². The summed E-state index contributed by atoms with van der Waals surface area (Å²) in [5.74, 6) is -0.158. The van der Waals surface area contributed by atoms with Crippen LogP contribution in [0.1, 0.15) is 50.5 Å². The van der Waals surface area contributed by atoms with Gasteiger partial charge in [-0.2, -0.15) is 0 Å².